The number of oxime groups is 1. The van der Waals surface area contributed by atoms with Gasteiger partial charge in [-0.1, -0.05) is 17.3 Å². The minimum absolute atomic E-state index is 0.166. The number of esters is 1. The van der Waals surface area contributed by atoms with Gasteiger partial charge in [0.1, 0.15) is 6.61 Å². The lowest BCUT2D eigenvalue weighted by molar-refractivity contribution is -0.146. The normalized spacial score (nSPS) is 11.8. The fraction of sp³-hybridized carbons (Fsp3) is 0.308. The van der Waals surface area contributed by atoms with Gasteiger partial charge in [-0.3, -0.25) is 4.79 Å². The van der Waals surface area contributed by atoms with Crippen molar-refractivity contribution < 1.29 is 14.4 Å². The van der Waals surface area contributed by atoms with Crippen LogP contribution in [0.2, 0.25) is 0 Å². The lowest BCUT2D eigenvalue weighted by atomic mass is 10.2. The first-order valence-electron chi connectivity index (χ1n) is 5.40. The zero-order chi connectivity index (χ0) is 13.4. The second-order valence-corrected chi connectivity index (χ2v) is 3.69. The number of hydrogen-bond acceptors (Lipinski definition) is 5. The molecule has 0 heterocycles. The van der Waals surface area contributed by atoms with Crippen LogP contribution in [0, 0.1) is 17.2 Å². The smallest absolute Gasteiger partial charge is 0.311 e. The molecule has 1 rings (SSSR count). The molecule has 1 aromatic rings. The number of rotatable bonds is 5. The Labute approximate surface area is 106 Å². The molecule has 5 heteroatoms. The van der Waals surface area contributed by atoms with E-state index in [1.54, 1.807) is 31.2 Å². The fourth-order valence-corrected chi connectivity index (χ4v) is 1.17. The van der Waals surface area contributed by atoms with Crippen molar-refractivity contribution in [1.82, 2.24) is 0 Å². The van der Waals surface area contributed by atoms with Crippen molar-refractivity contribution in [3.8, 4) is 6.07 Å². The quantitative estimate of drug-likeness (QED) is 0.450. The third kappa shape index (κ3) is 4.26. The summed E-state index contributed by atoms with van der Waals surface area (Å²) in [5.74, 6) is -0.684. The van der Waals surface area contributed by atoms with E-state index < -0.39 is 0 Å². The maximum atomic E-state index is 11.1. The molecule has 0 fully saturated rings. The first-order valence-corrected chi connectivity index (χ1v) is 5.40. The molecule has 18 heavy (non-hydrogen) atoms. The van der Waals surface area contributed by atoms with Crippen LogP contribution in [0.15, 0.2) is 29.4 Å². The molecule has 0 amide bonds. The summed E-state index contributed by atoms with van der Waals surface area (Å²) >= 11 is 0. The molecule has 0 bridgehead atoms. The summed E-state index contributed by atoms with van der Waals surface area (Å²) in [4.78, 5) is 16.0. The maximum Gasteiger partial charge on any atom is 0.311 e. The van der Waals surface area contributed by atoms with Crippen LogP contribution in [-0.2, 0) is 14.4 Å². The summed E-state index contributed by atoms with van der Waals surface area (Å²) in [6, 6.07) is 8.93. The Morgan fingerprint density at radius 3 is 2.72 bits per heavy atom. The molecule has 0 aromatic heterocycles. The molecule has 1 atom stereocenters. The van der Waals surface area contributed by atoms with Gasteiger partial charge in [-0.25, -0.2) is 0 Å². The van der Waals surface area contributed by atoms with Crippen LogP contribution < -0.4 is 0 Å². The molecule has 0 spiro atoms. The summed E-state index contributed by atoms with van der Waals surface area (Å²) in [7, 11) is 1.33. The van der Waals surface area contributed by atoms with Crippen molar-refractivity contribution in [2.24, 2.45) is 11.1 Å². The third-order valence-corrected chi connectivity index (χ3v) is 2.24. The highest BCUT2D eigenvalue weighted by Gasteiger charge is 2.12. The van der Waals surface area contributed by atoms with E-state index in [4.69, 9.17) is 10.1 Å². The highest BCUT2D eigenvalue weighted by molar-refractivity contribution is 5.79. The molecular formula is C13H14N2O3. The van der Waals surface area contributed by atoms with Crippen molar-refractivity contribution in [2.45, 2.75) is 6.92 Å². The van der Waals surface area contributed by atoms with Crippen LogP contribution >= 0.6 is 0 Å². The molecule has 0 N–H and O–H groups in total. The monoisotopic (exact) mass is 246 g/mol. The second kappa shape index (κ2) is 7.07. The van der Waals surface area contributed by atoms with Gasteiger partial charge in [0.25, 0.3) is 0 Å². The van der Waals surface area contributed by atoms with Crippen molar-refractivity contribution in [2.75, 3.05) is 13.7 Å². The van der Waals surface area contributed by atoms with Crippen molar-refractivity contribution in [1.29, 1.82) is 5.26 Å². The minimum atomic E-state index is -0.354. The highest BCUT2D eigenvalue weighted by Crippen LogP contribution is 2.02. The van der Waals surface area contributed by atoms with Crippen molar-refractivity contribution in [3.05, 3.63) is 35.4 Å². The van der Waals surface area contributed by atoms with Gasteiger partial charge < -0.3 is 9.57 Å². The third-order valence-electron chi connectivity index (χ3n) is 2.24. The number of benzene rings is 1. The van der Waals surface area contributed by atoms with E-state index in [1.807, 2.05) is 6.07 Å². The van der Waals surface area contributed by atoms with Gasteiger partial charge in [-0.2, -0.15) is 5.26 Å². The lowest BCUT2D eigenvalue weighted by Gasteiger charge is -2.06. The van der Waals surface area contributed by atoms with Crippen molar-refractivity contribution in [3.63, 3.8) is 0 Å². The Hall–Kier alpha value is -2.35. The SMILES string of the molecule is COC(=O)C(C)CON=Cc1ccc(C#N)cc1. The number of methoxy groups -OCH3 is 1. The number of carbonyl (C=O) groups is 1. The molecule has 0 aliphatic rings. The van der Waals surface area contributed by atoms with Gasteiger partial charge in [0.2, 0.25) is 0 Å². The van der Waals surface area contributed by atoms with E-state index in [0.717, 1.165) is 5.56 Å². The van der Waals surface area contributed by atoms with Gasteiger partial charge in [-0.05, 0) is 24.6 Å². The van der Waals surface area contributed by atoms with Gasteiger partial charge >= 0.3 is 5.97 Å². The number of nitrogens with zero attached hydrogens (tertiary/aromatic N) is 2. The first-order chi connectivity index (χ1) is 8.67. The molecule has 94 valence electrons. The zero-order valence-electron chi connectivity index (χ0n) is 10.3. The van der Waals surface area contributed by atoms with Gasteiger partial charge in [0.05, 0.1) is 30.9 Å². The highest BCUT2D eigenvalue weighted by atomic mass is 16.6. The van der Waals surface area contributed by atoms with Gasteiger partial charge in [-0.15, -0.1) is 0 Å². The predicted octanol–water partition coefficient (Wildman–Crippen LogP) is 1.72. The Morgan fingerprint density at radius 2 is 2.17 bits per heavy atom. The molecule has 1 aromatic carbocycles. The molecule has 0 radical (unpaired) electrons. The van der Waals surface area contributed by atoms with E-state index in [-0.39, 0.29) is 18.5 Å². The zero-order valence-corrected chi connectivity index (χ0v) is 10.3. The summed E-state index contributed by atoms with van der Waals surface area (Å²) in [5, 5.41) is 12.4. The largest absolute Gasteiger partial charge is 0.469 e. The lowest BCUT2D eigenvalue weighted by Crippen LogP contribution is -2.17. The summed E-state index contributed by atoms with van der Waals surface area (Å²) in [6.07, 6.45) is 1.52. The molecule has 1 unspecified atom stereocenters. The number of hydrogen-bond donors (Lipinski definition) is 0. The van der Waals surface area contributed by atoms with E-state index in [2.05, 4.69) is 9.89 Å². The van der Waals surface area contributed by atoms with Crippen LogP contribution in [0.5, 0.6) is 0 Å². The maximum absolute atomic E-state index is 11.1. The van der Waals surface area contributed by atoms with Crippen molar-refractivity contribution >= 4 is 12.2 Å². The summed E-state index contributed by atoms with van der Waals surface area (Å²) in [5.41, 5.74) is 1.41. The molecular weight excluding hydrogens is 232 g/mol. The van der Waals surface area contributed by atoms with Crippen LogP contribution in [0.1, 0.15) is 18.1 Å². The first kappa shape index (κ1) is 13.7. The van der Waals surface area contributed by atoms with Crippen LogP contribution in [0.4, 0.5) is 0 Å². The van der Waals surface area contributed by atoms with E-state index in [0.29, 0.717) is 5.56 Å². The van der Waals surface area contributed by atoms with Crippen LogP contribution in [0.3, 0.4) is 0 Å². The fourth-order valence-electron chi connectivity index (χ4n) is 1.17. The average Bonchev–Trinajstić information content (AvgIpc) is 2.43. The Balaban J connectivity index is 2.41. The molecule has 0 aliphatic heterocycles. The van der Waals surface area contributed by atoms with Crippen LogP contribution in [-0.4, -0.2) is 25.9 Å². The second-order valence-electron chi connectivity index (χ2n) is 3.69. The van der Waals surface area contributed by atoms with Gasteiger partial charge in [0, 0.05) is 0 Å². The summed E-state index contributed by atoms with van der Waals surface area (Å²) in [6.45, 7) is 1.86. The predicted molar refractivity (Wildman–Crippen MR) is 65.9 cm³/mol. The standard InChI is InChI=1S/C13H14N2O3/c1-10(13(16)17-2)9-18-15-8-12-5-3-11(7-14)4-6-12/h3-6,8,10H,9H2,1-2H3. The van der Waals surface area contributed by atoms with E-state index in [9.17, 15) is 4.79 Å². The van der Waals surface area contributed by atoms with E-state index >= 15 is 0 Å². The number of carbonyl (C=O) groups excluding carboxylic acids is 1. The van der Waals surface area contributed by atoms with E-state index in [1.165, 1.54) is 13.3 Å². The topological polar surface area (TPSA) is 71.7 Å². The Morgan fingerprint density at radius 1 is 1.50 bits per heavy atom. The number of ether oxygens (including phenoxy) is 1. The minimum Gasteiger partial charge on any atom is -0.469 e. The van der Waals surface area contributed by atoms with Crippen LogP contribution in [0.25, 0.3) is 0 Å². The number of nitriles is 1. The van der Waals surface area contributed by atoms with Gasteiger partial charge in [0.15, 0.2) is 0 Å². The molecule has 0 saturated heterocycles. The summed E-state index contributed by atoms with van der Waals surface area (Å²) < 4.78 is 4.55. The Bertz CT molecular complexity index is 460. The average molecular weight is 246 g/mol. The molecule has 0 aliphatic carbocycles. The molecule has 5 nitrogen and oxygen atoms in total. The Kier molecular flexibility index (Phi) is 5.39. The molecule has 0 saturated carbocycles.